The summed E-state index contributed by atoms with van der Waals surface area (Å²) in [5.41, 5.74) is 0.232. The molecule has 9 nitrogen and oxygen atoms in total. The number of nitrogens with one attached hydrogen (secondary N) is 2. The summed E-state index contributed by atoms with van der Waals surface area (Å²) in [4.78, 5) is 33.8. The van der Waals surface area contributed by atoms with Gasteiger partial charge >= 0.3 is 5.97 Å². The van der Waals surface area contributed by atoms with Crippen molar-refractivity contribution in [1.82, 2.24) is 10.6 Å². The van der Waals surface area contributed by atoms with Crippen molar-refractivity contribution in [2.75, 3.05) is 7.11 Å². The lowest BCUT2D eigenvalue weighted by Gasteiger charge is -2.41. The summed E-state index contributed by atoms with van der Waals surface area (Å²) in [5, 5.41) is 17.4. The fraction of sp³-hybridized carbons (Fsp3) is 0.500. The summed E-state index contributed by atoms with van der Waals surface area (Å²) < 4.78 is 11.4. The average Bonchev–Trinajstić information content (AvgIpc) is 3.51. The Kier molecular flexibility index (Phi) is 6.67. The number of aliphatic hydroxyl groups is 1. The lowest BCUT2D eigenvalue weighted by atomic mass is 9.77. The van der Waals surface area contributed by atoms with E-state index < -0.39 is 23.8 Å². The highest BCUT2D eigenvalue weighted by atomic mass is 35.5. The molecule has 3 heterocycles. The quantitative estimate of drug-likeness (QED) is 0.493. The second-order valence-electron chi connectivity index (χ2n) is 9.22. The molecule has 0 aromatic heterocycles. The molecule has 1 aromatic rings. The van der Waals surface area contributed by atoms with Gasteiger partial charge in [0.15, 0.2) is 17.4 Å². The van der Waals surface area contributed by atoms with Gasteiger partial charge < -0.3 is 25.2 Å². The molecule has 35 heavy (non-hydrogen) atoms. The molecule has 1 aromatic carbocycles. The molecule has 1 amide bonds. The molecule has 3 atom stereocenters. The van der Waals surface area contributed by atoms with Crippen molar-refractivity contribution >= 4 is 46.7 Å². The molecule has 1 aliphatic carbocycles. The molecule has 0 bridgehead atoms. The van der Waals surface area contributed by atoms with Gasteiger partial charge in [0, 0.05) is 6.42 Å². The third-order valence-corrected chi connectivity index (χ3v) is 8.42. The number of carbonyl (C=O) groups excluding carboxylic acids is 2. The molecule has 4 aliphatic rings. The second-order valence-corrected chi connectivity index (χ2v) is 10.6. The van der Waals surface area contributed by atoms with Crippen LogP contribution in [0.5, 0.6) is 5.75 Å². The van der Waals surface area contributed by atoms with Crippen LogP contribution in [0.1, 0.15) is 44.1 Å². The lowest BCUT2D eigenvalue weighted by molar-refractivity contribution is -0.166. The van der Waals surface area contributed by atoms with E-state index >= 15 is 0 Å². The topological polar surface area (TPSA) is 122 Å². The van der Waals surface area contributed by atoms with Crippen molar-refractivity contribution in [3.05, 3.63) is 39.4 Å². The number of methoxy groups -OCH3 is 1. The van der Waals surface area contributed by atoms with Crippen molar-refractivity contribution in [2.45, 2.75) is 62.8 Å². The Balaban J connectivity index is 1.34. The highest BCUT2D eigenvalue weighted by molar-refractivity contribution is 8.17. The van der Waals surface area contributed by atoms with Gasteiger partial charge in [-0.1, -0.05) is 30.5 Å². The van der Waals surface area contributed by atoms with Gasteiger partial charge in [-0.2, -0.15) is 0 Å². The summed E-state index contributed by atoms with van der Waals surface area (Å²) in [6, 6.07) is 5.03. The number of fused-ring (bicyclic) bond motifs is 1. The largest absolute Gasteiger partial charge is 0.511 e. The van der Waals surface area contributed by atoms with Crippen LogP contribution in [-0.4, -0.2) is 53.4 Å². The van der Waals surface area contributed by atoms with Gasteiger partial charge in [0.2, 0.25) is 0 Å². The average molecular weight is 519 g/mol. The van der Waals surface area contributed by atoms with Gasteiger partial charge in [-0.05, 0) is 61.1 Å². The number of aliphatic hydroxyl groups excluding tert-OH is 1. The fourth-order valence-corrected chi connectivity index (χ4v) is 6.41. The van der Waals surface area contributed by atoms with E-state index in [1.54, 1.807) is 7.11 Å². The number of benzene rings is 1. The molecule has 0 radical (unpaired) electrons. The highest BCUT2D eigenvalue weighted by Gasteiger charge is 2.49. The van der Waals surface area contributed by atoms with E-state index in [-0.39, 0.29) is 28.9 Å². The molecule has 0 spiro atoms. The van der Waals surface area contributed by atoms with Gasteiger partial charge in [0.25, 0.3) is 5.91 Å². The van der Waals surface area contributed by atoms with Gasteiger partial charge in [-0.15, -0.1) is 0 Å². The molecule has 0 saturated heterocycles. The Morgan fingerprint density at radius 3 is 2.80 bits per heavy atom. The second kappa shape index (κ2) is 9.73. The first-order valence-electron chi connectivity index (χ1n) is 11.7. The summed E-state index contributed by atoms with van der Waals surface area (Å²) in [6.07, 6.45) is 6.28. The zero-order chi connectivity index (χ0) is 24.6. The number of aryl methyl sites for hydroxylation is 1. The molecule has 3 N–H and O–H groups in total. The normalized spacial score (nSPS) is 28.3. The number of ether oxygens (including phenoxy) is 2. The minimum absolute atomic E-state index is 0.00163. The first kappa shape index (κ1) is 24.0. The monoisotopic (exact) mass is 518 g/mol. The van der Waals surface area contributed by atoms with Crippen LogP contribution >= 0.6 is 23.4 Å². The minimum atomic E-state index is -0.781. The van der Waals surface area contributed by atoms with Crippen LogP contribution in [0, 0.1) is 5.92 Å². The molecule has 3 unspecified atom stereocenters. The number of rotatable bonds is 6. The summed E-state index contributed by atoms with van der Waals surface area (Å²) >= 11 is 7.29. The zero-order valence-electron chi connectivity index (χ0n) is 19.3. The number of carbonyl (C=O) groups is 2. The van der Waals surface area contributed by atoms with E-state index in [1.807, 2.05) is 18.2 Å². The number of halogens is 1. The molecule has 1 saturated carbocycles. The maximum absolute atomic E-state index is 13.2. The van der Waals surface area contributed by atoms with Crippen LogP contribution in [0.15, 0.2) is 38.8 Å². The Hall–Kier alpha value is -2.72. The van der Waals surface area contributed by atoms with E-state index in [4.69, 9.17) is 21.1 Å². The molecule has 3 aliphatic heterocycles. The van der Waals surface area contributed by atoms with Gasteiger partial charge in [0.05, 0.1) is 18.5 Å². The van der Waals surface area contributed by atoms with E-state index in [9.17, 15) is 14.7 Å². The Morgan fingerprint density at radius 1 is 1.31 bits per heavy atom. The SMILES string of the molecule is COc1ccc(CCC2(C3CCCC3)CC(O)=C(SC3=NC4N=CNC(=O)C4N3)C(=O)O2)cc1Cl. The summed E-state index contributed by atoms with van der Waals surface area (Å²) in [5.74, 6) is -0.0212. The predicted molar refractivity (Wildman–Crippen MR) is 134 cm³/mol. The predicted octanol–water partition coefficient (Wildman–Crippen LogP) is 3.47. The Labute approximate surface area is 212 Å². The molecular weight excluding hydrogens is 492 g/mol. The molecule has 11 heteroatoms. The maximum atomic E-state index is 13.2. The molecule has 5 rings (SSSR count). The van der Waals surface area contributed by atoms with Gasteiger partial charge in [0.1, 0.15) is 22.0 Å². The van der Waals surface area contributed by atoms with E-state index in [2.05, 4.69) is 20.6 Å². The summed E-state index contributed by atoms with van der Waals surface area (Å²) in [6.45, 7) is 0. The van der Waals surface area contributed by atoms with Crippen LogP contribution < -0.4 is 15.4 Å². The number of hydrogen-bond acceptors (Lipinski definition) is 9. The molecule has 1 fully saturated rings. The number of hydrogen-bond donors (Lipinski definition) is 3. The van der Waals surface area contributed by atoms with E-state index in [0.29, 0.717) is 28.8 Å². The minimum Gasteiger partial charge on any atom is -0.511 e. The maximum Gasteiger partial charge on any atom is 0.349 e. The first-order chi connectivity index (χ1) is 16.9. The third-order valence-electron chi connectivity index (χ3n) is 7.10. The third kappa shape index (κ3) is 4.73. The number of thioether (sulfide) groups is 1. The standard InChI is InChI=1S/C24H27ClN4O5S/c1-33-17-7-6-13(10-15(17)25)8-9-24(14-4-2-3-5-14)11-16(30)19(22(32)34-24)35-23-28-18-20(29-23)26-12-27-21(18)31/h6-7,10,12,14,18,20,30H,2-5,8-9,11H2,1H3,(H,28,29)(H,26,27,31). The van der Waals surface area contributed by atoms with E-state index in [0.717, 1.165) is 43.0 Å². The van der Waals surface area contributed by atoms with Crippen LogP contribution in [0.3, 0.4) is 0 Å². The number of nitrogens with zero attached hydrogens (tertiary/aromatic N) is 2. The number of aliphatic imine (C=N–C) groups is 2. The summed E-state index contributed by atoms with van der Waals surface area (Å²) in [7, 11) is 1.57. The number of esters is 1. The Bertz CT molecular complexity index is 1130. The van der Waals surface area contributed by atoms with Crippen molar-refractivity contribution in [3.8, 4) is 5.75 Å². The van der Waals surface area contributed by atoms with Crippen LogP contribution in [-0.2, 0) is 20.7 Å². The smallest absolute Gasteiger partial charge is 0.349 e. The molecular formula is C24H27ClN4O5S. The number of amides is 1. The first-order valence-corrected chi connectivity index (χ1v) is 12.9. The Morgan fingerprint density at radius 2 is 2.11 bits per heavy atom. The van der Waals surface area contributed by atoms with Crippen LogP contribution in [0.2, 0.25) is 5.02 Å². The number of cyclic esters (lactones) is 1. The molecule has 186 valence electrons. The lowest BCUT2D eigenvalue weighted by Crippen LogP contribution is -2.50. The van der Waals surface area contributed by atoms with Crippen molar-refractivity contribution < 1.29 is 24.2 Å². The fourth-order valence-electron chi connectivity index (χ4n) is 5.27. The van der Waals surface area contributed by atoms with Crippen LogP contribution in [0.25, 0.3) is 0 Å². The van der Waals surface area contributed by atoms with Crippen molar-refractivity contribution in [1.29, 1.82) is 0 Å². The van der Waals surface area contributed by atoms with Crippen molar-refractivity contribution in [3.63, 3.8) is 0 Å². The number of amidine groups is 1. The van der Waals surface area contributed by atoms with Crippen LogP contribution in [0.4, 0.5) is 0 Å². The van der Waals surface area contributed by atoms with E-state index in [1.165, 1.54) is 6.34 Å². The van der Waals surface area contributed by atoms with Gasteiger partial charge in [-0.3, -0.25) is 4.79 Å². The zero-order valence-corrected chi connectivity index (χ0v) is 20.8. The van der Waals surface area contributed by atoms with Crippen molar-refractivity contribution in [2.24, 2.45) is 15.9 Å². The highest BCUT2D eigenvalue weighted by Crippen LogP contribution is 2.47. The van der Waals surface area contributed by atoms with Gasteiger partial charge in [-0.25, -0.2) is 14.8 Å².